The Bertz CT molecular complexity index is 1210. The number of aromatic nitrogens is 1. The lowest BCUT2D eigenvalue weighted by molar-refractivity contribution is -0.137. The fraction of sp³-hybridized carbons (Fsp3) is 0.200. The molecule has 1 aliphatic rings. The average Bonchev–Trinajstić information content (AvgIpc) is 2.80. The number of rotatable bonds is 3. The Balaban J connectivity index is 1.42. The van der Waals surface area contributed by atoms with Gasteiger partial charge in [-0.05, 0) is 67.4 Å². The van der Waals surface area contributed by atoms with Crippen molar-refractivity contribution in [2.75, 3.05) is 18.0 Å². The zero-order valence-electron chi connectivity index (χ0n) is 17.7. The number of anilines is 1. The molecular formula is C25H20F3N3O2. The molecule has 0 aliphatic carbocycles. The minimum atomic E-state index is -4.37. The number of ether oxygens (including phenoxy) is 1. The van der Waals surface area contributed by atoms with Crippen molar-refractivity contribution < 1.29 is 22.7 Å². The van der Waals surface area contributed by atoms with Gasteiger partial charge in [0.2, 0.25) is 5.88 Å². The summed E-state index contributed by atoms with van der Waals surface area (Å²) in [7, 11) is 0. The van der Waals surface area contributed by atoms with Crippen molar-refractivity contribution in [1.29, 1.82) is 0 Å². The second kappa shape index (κ2) is 9.25. The van der Waals surface area contributed by atoms with Crippen LogP contribution in [0.2, 0.25) is 0 Å². The van der Waals surface area contributed by atoms with Gasteiger partial charge in [-0.1, -0.05) is 11.8 Å². The topological polar surface area (TPSA) is 54.5 Å². The zero-order valence-corrected chi connectivity index (χ0v) is 17.7. The van der Waals surface area contributed by atoms with Gasteiger partial charge in [0, 0.05) is 42.2 Å². The van der Waals surface area contributed by atoms with E-state index in [-0.39, 0.29) is 6.03 Å². The van der Waals surface area contributed by atoms with Crippen molar-refractivity contribution in [3.8, 4) is 23.5 Å². The van der Waals surface area contributed by atoms with Crippen LogP contribution in [0, 0.1) is 18.8 Å². The van der Waals surface area contributed by atoms with E-state index in [4.69, 9.17) is 4.74 Å². The first kappa shape index (κ1) is 22.2. The molecule has 33 heavy (non-hydrogen) atoms. The molecule has 1 aliphatic heterocycles. The Labute approximate surface area is 189 Å². The highest BCUT2D eigenvalue weighted by Gasteiger charge is 2.29. The number of alkyl halides is 3. The van der Waals surface area contributed by atoms with Crippen molar-refractivity contribution in [3.05, 3.63) is 83.0 Å². The van der Waals surface area contributed by atoms with Gasteiger partial charge in [-0.15, -0.1) is 0 Å². The van der Waals surface area contributed by atoms with E-state index in [0.717, 1.165) is 29.8 Å². The third-order valence-corrected chi connectivity index (χ3v) is 5.06. The van der Waals surface area contributed by atoms with Crippen LogP contribution in [0.25, 0.3) is 0 Å². The molecule has 3 aromatic rings. The predicted octanol–water partition coefficient (Wildman–Crippen LogP) is 5.52. The molecule has 1 aromatic heterocycles. The number of amides is 2. The van der Waals surface area contributed by atoms with Gasteiger partial charge in [-0.3, -0.25) is 4.90 Å². The highest BCUT2D eigenvalue weighted by Crippen LogP contribution is 2.30. The number of hydrogen-bond acceptors (Lipinski definition) is 3. The van der Waals surface area contributed by atoms with E-state index in [1.54, 1.807) is 23.1 Å². The van der Waals surface area contributed by atoms with Gasteiger partial charge >= 0.3 is 12.2 Å². The van der Waals surface area contributed by atoms with Crippen LogP contribution < -0.4 is 15.0 Å². The van der Waals surface area contributed by atoms with E-state index in [2.05, 4.69) is 22.1 Å². The second-order valence-electron chi connectivity index (χ2n) is 7.50. The minimum Gasteiger partial charge on any atom is -0.439 e. The Hall–Kier alpha value is -3.99. The molecule has 2 amide bonds. The molecule has 0 saturated carbocycles. The molecule has 1 fully saturated rings. The first-order chi connectivity index (χ1) is 15.8. The molecule has 0 unspecified atom stereocenters. The summed E-state index contributed by atoms with van der Waals surface area (Å²) < 4.78 is 43.8. The van der Waals surface area contributed by atoms with Crippen molar-refractivity contribution >= 4 is 11.7 Å². The van der Waals surface area contributed by atoms with Crippen LogP contribution in [0.1, 0.15) is 28.7 Å². The lowest BCUT2D eigenvalue weighted by Gasteiger charge is -2.28. The number of benzene rings is 2. The van der Waals surface area contributed by atoms with Gasteiger partial charge in [0.1, 0.15) is 5.75 Å². The Kier molecular flexibility index (Phi) is 6.22. The molecule has 8 heteroatoms. The number of hydrogen-bond donors (Lipinski definition) is 1. The van der Waals surface area contributed by atoms with Crippen LogP contribution in [-0.4, -0.2) is 24.1 Å². The van der Waals surface area contributed by atoms with E-state index in [0.29, 0.717) is 35.8 Å². The van der Waals surface area contributed by atoms with Gasteiger partial charge in [0.05, 0.1) is 5.56 Å². The Morgan fingerprint density at radius 2 is 1.76 bits per heavy atom. The SMILES string of the molecule is Cc1cc(N2CCCNC2=O)ccc1Oc1ccc(C#Cc2ccc(C(F)(F)F)cc2)cn1. The van der Waals surface area contributed by atoms with E-state index in [1.807, 2.05) is 19.1 Å². The van der Waals surface area contributed by atoms with E-state index >= 15 is 0 Å². The summed E-state index contributed by atoms with van der Waals surface area (Å²) in [6, 6.07) is 13.5. The number of carbonyl (C=O) groups is 1. The normalized spacial score (nSPS) is 13.7. The lowest BCUT2D eigenvalue weighted by Crippen LogP contribution is -2.46. The fourth-order valence-corrected chi connectivity index (χ4v) is 3.31. The highest BCUT2D eigenvalue weighted by atomic mass is 19.4. The summed E-state index contributed by atoms with van der Waals surface area (Å²) in [6.07, 6.45) is -1.94. The van der Waals surface area contributed by atoms with Gasteiger partial charge in [0.25, 0.3) is 0 Å². The molecule has 0 bridgehead atoms. The zero-order chi connectivity index (χ0) is 23.4. The summed E-state index contributed by atoms with van der Waals surface area (Å²) in [6.45, 7) is 3.25. The Morgan fingerprint density at radius 3 is 2.39 bits per heavy atom. The average molecular weight is 451 g/mol. The van der Waals surface area contributed by atoms with Gasteiger partial charge < -0.3 is 10.1 Å². The molecule has 1 N–H and O–H groups in total. The maximum Gasteiger partial charge on any atom is 0.416 e. The molecule has 168 valence electrons. The third kappa shape index (κ3) is 5.44. The van der Waals surface area contributed by atoms with Crippen molar-refractivity contribution in [2.24, 2.45) is 0 Å². The smallest absolute Gasteiger partial charge is 0.416 e. The van der Waals surface area contributed by atoms with E-state index < -0.39 is 11.7 Å². The Morgan fingerprint density at radius 1 is 1.03 bits per heavy atom. The van der Waals surface area contributed by atoms with Gasteiger partial charge in [-0.25, -0.2) is 9.78 Å². The quantitative estimate of drug-likeness (QED) is 0.534. The van der Waals surface area contributed by atoms with Crippen molar-refractivity contribution in [1.82, 2.24) is 10.3 Å². The van der Waals surface area contributed by atoms with E-state index in [1.165, 1.54) is 18.3 Å². The molecule has 0 radical (unpaired) electrons. The van der Waals surface area contributed by atoms with Gasteiger partial charge in [0.15, 0.2) is 0 Å². The molecule has 5 nitrogen and oxygen atoms in total. The minimum absolute atomic E-state index is 0.107. The molecule has 4 rings (SSSR count). The third-order valence-electron chi connectivity index (χ3n) is 5.06. The highest BCUT2D eigenvalue weighted by molar-refractivity contribution is 5.92. The predicted molar refractivity (Wildman–Crippen MR) is 118 cm³/mol. The fourth-order valence-electron chi connectivity index (χ4n) is 3.31. The number of aryl methyl sites for hydroxylation is 1. The van der Waals surface area contributed by atoms with Crippen LogP contribution in [-0.2, 0) is 6.18 Å². The number of carbonyl (C=O) groups excluding carboxylic acids is 1. The maximum atomic E-state index is 12.6. The van der Waals surface area contributed by atoms with Crippen LogP contribution in [0.15, 0.2) is 60.8 Å². The molecule has 0 spiro atoms. The van der Waals surface area contributed by atoms with Crippen LogP contribution in [0.5, 0.6) is 11.6 Å². The van der Waals surface area contributed by atoms with Gasteiger partial charge in [-0.2, -0.15) is 13.2 Å². The molecule has 2 aromatic carbocycles. The number of nitrogens with one attached hydrogen (secondary N) is 1. The largest absolute Gasteiger partial charge is 0.439 e. The second-order valence-corrected chi connectivity index (χ2v) is 7.50. The summed E-state index contributed by atoms with van der Waals surface area (Å²) in [5.74, 6) is 6.69. The van der Waals surface area contributed by atoms with Crippen LogP contribution in [0.3, 0.4) is 0 Å². The molecule has 0 atom stereocenters. The first-order valence-electron chi connectivity index (χ1n) is 10.3. The first-order valence-corrected chi connectivity index (χ1v) is 10.3. The number of urea groups is 1. The maximum absolute atomic E-state index is 12.6. The summed E-state index contributed by atoms with van der Waals surface area (Å²) in [5, 5.41) is 2.83. The molecular weight excluding hydrogens is 431 g/mol. The van der Waals surface area contributed by atoms with Crippen LogP contribution in [0.4, 0.5) is 23.7 Å². The standard InChI is InChI=1S/C25H20F3N3O2/c1-17-15-21(31-14-2-13-29-24(31)32)10-11-22(17)33-23-12-7-19(16-30-23)4-3-18-5-8-20(9-6-18)25(26,27)28/h5-12,15-16H,2,13-14H2,1H3,(H,29,32). The molecule has 2 heterocycles. The van der Waals surface area contributed by atoms with E-state index in [9.17, 15) is 18.0 Å². The lowest BCUT2D eigenvalue weighted by atomic mass is 10.1. The number of halogens is 3. The monoisotopic (exact) mass is 451 g/mol. The summed E-state index contributed by atoms with van der Waals surface area (Å²) in [5.41, 5.74) is 2.03. The van der Waals surface area contributed by atoms with Crippen molar-refractivity contribution in [2.45, 2.75) is 19.5 Å². The van der Waals surface area contributed by atoms with Crippen LogP contribution >= 0.6 is 0 Å². The number of nitrogens with zero attached hydrogens (tertiary/aromatic N) is 2. The van der Waals surface area contributed by atoms with Crippen molar-refractivity contribution in [3.63, 3.8) is 0 Å². The summed E-state index contributed by atoms with van der Waals surface area (Å²) in [4.78, 5) is 18.0. The number of pyridine rings is 1. The summed E-state index contributed by atoms with van der Waals surface area (Å²) >= 11 is 0. The molecule has 1 saturated heterocycles.